The number of thioether (sulfide) groups is 1. The fourth-order valence-electron chi connectivity index (χ4n) is 3.68. The van der Waals surface area contributed by atoms with Crippen LogP contribution < -0.4 is 23.8 Å². The number of nitrogens with one attached hydrogen (secondary N) is 1. The second-order valence-corrected chi connectivity index (χ2v) is 11.7. The Hall–Kier alpha value is -3.08. The van der Waals surface area contributed by atoms with E-state index in [0.29, 0.717) is 30.3 Å². The molecule has 3 aromatic carbocycles. The number of anilines is 1. The fraction of sp³-hybridized carbons (Fsp3) is 0.321. The molecule has 11 heteroatoms. The zero-order valence-electron chi connectivity index (χ0n) is 22.2. The average Bonchev–Trinajstić information content (AvgIpc) is 2.94. The zero-order valence-corrected chi connectivity index (χ0v) is 24.6. The molecule has 3 rings (SSSR count). The third-order valence-corrected chi connectivity index (χ3v) is 8.90. The molecule has 0 fully saturated rings. The quantitative estimate of drug-likeness (QED) is 0.236. The van der Waals surface area contributed by atoms with Gasteiger partial charge in [0.1, 0.15) is 12.3 Å². The van der Waals surface area contributed by atoms with Gasteiger partial charge in [-0.15, -0.1) is 0 Å². The molecule has 1 amide bonds. The molecule has 1 N–H and O–H groups in total. The van der Waals surface area contributed by atoms with Gasteiger partial charge in [-0.3, -0.25) is 9.10 Å². The van der Waals surface area contributed by atoms with Crippen LogP contribution in [-0.2, 0) is 20.6 Å². The minimum Gasteiger partial charge on any atom is -0.494 e. The molecule has 0 heterocycles. The summed E-state index contributed by atoms with van der Waals surface area (Å²) in [4.78, 5) is 12.9. The van der Waals surface area contributed by atoms with E-state index in [9.17, 15) is 13.2 Å². The van der Waals surface area contributed by atoms with Gasteiger partial charge in [-0.1, -0.05) is 29.8 Å². The number of hydrogen-bond donors (Lipinski definition) is 1. The molecule has 210 valence electrons. The van der Waals surface area contributed by atoms with E-state index < -0.39 is 22.5 Å². The summed E-state index contributed by atoms with van der Waals surface area (Å²) in [6, 6.07) is 18.6. The highest BCUT2D eigenvalue weighted by molar-refractivity contribution is 7.98. The second kappa shape index (κ2) is 14.9. The van der Waals surface area contributed by atoms with Crippen molar-refractivity contribution in [3.05, 3.63) is 77.3 Å². The summed E-state index contributed by atoms with van der Waals surface area (Å²) < 4.78 is 44.5. The maximum atomic E-state index is 13.7. The minimum atomic E-state index is -4.13. The third-order valence-electron chi connectivity index (χ3n) is 5.67. The molecule has 39 heavy (non-hydrogen) atoms. The highest BCUT2D eigenvalue weighted by Gasteiger charge is 2.28. The lowest BCUT2D eigenvalue weighted by Gasteiger charge is -2.24. The van der Waals surface area contributed by atoms with Gasteiger partial charge in [0.05, 0.1) is 31.4 Å². The van der Waals surface area contributed by atoms with E-state index in [0.717, 1.165) is 32.8 Å². The van der Waals surface area contributed by atoms with Crippen molar-refractivity contribution in [3.8, 4) is 17.2 Å². The Kier molecular flexibility index (Phi) is 11.6. The minimum absolute atomic E-state index is 0.0298. The van der Waals surface area contributed by atoms with Gasteiger partial charge in [-0.2, -0.15) is 11.8 Å². The van der Waals surface area contributed by atoms with Crippen LogP contribution in [0.5, 0.6) is 17.2 Å². The molecule has 0 saturated heterocycles. The van der Waals surface area contributed by atoms with Crippen molar-refractivity contribution < 1.29 is 27.4 Å². The van der Waals surface area contributed by atoms with E-state index in [1.807, 2.05) is 31.2 Å². The number of rotatable bonds is 15. The Labute approximate surface area is 239 Å². The molecule has 3 aromatic rings. The predicted molar refractivity (Wildman–Crippen MR) is 157 cm³/mol. The predicted octanol–water partition coefficient (Wildman–Crippen LogP) is 5.39. The Bertz CT molecular complexity index is 1340. The van der Waals surface area contributed by atoms with Crippen LogP contribution in [0, 0.1) is 0 Å². The van der Waals surface area contributed by atoms with E-state index in [4.69, 9.17) is 25.8 Å². The Balaban J connectivity index is 1.69. The number of halogens is 1. The number of methoxy groups -OCH3 is 2. The summed E-state index contributed by atoms with van der Waals surface area (Å²) in [6.45, 7) is 2.37. The van der Waals surface area contributed by atoms with Gasteiger partial charge in [0.2, 0.25) is 5.91 Å². The molecule has 0 aliphatic carbocycles. The van der Waals surface area contributed by atoms with E-state index in [1.54, 1.807) is 36.0 Å². The second-order valence-electron chi connectivity index (χ2n) is 8.30. The number of nitrogens with zero attached hydrogens (tertiary/aromatic N) is 1. The first-order chi connectivity index (χ1) is 18.8. The first-order valence-corrected chi connectivity index (χ1v) is 15.3. The molecule has 0 aromatic heterocycles. The molecular formula is C28H33ClN2O6S2. The lowest BCUT2D eigenvalue weighted by molar-refractivity contribution is -0.119. The van der Waals surface area contributed by atoms with Crippen molar-refractivity contribution >= 4 is 45.0 Å². The van der Waals surface area contributed by atoms with Crippen molar-refractivity contribution in [1.82, 2.24) is 5.32 Å². The van der Waals surface area contributed by atoms with Crippen LogP contribution >= 0.6 is 23.4 Å². The first kappa shape index (κ1) is 30.5. The summed E-state index contributed by atoms with van der Waals surface area (Å²) in [6.07, 6.45) is 0.729. The molecule has 0 saturated carbocycles. The lowest BCUT2D eigenvalue weighted by atomic mass is 10.2. The SMILES string of the molecule is CCOc1ccc(N(CC(=O)NCCCSCc2ccccc2Cl)S(=O)(=O)c2ccc(OC)c(OC)c2)cc1. The summed E-state index contributed by atoms with van der Waals surface area (Å²) in [5.41, 5.74) is 1.40. The zero-order chi connectivity index (χ0) is 28.3. The van der Waals surface area contributed by atoms with Crippen LogP contribution in [0.25, 0.3) is 0 Å². The number of carbonyl (C=O) groups is 1. The molecule has 0 atom stereocenters. The van der Waals surface area contributed by atoms with Crippen LogP contribution in [-0.4, -0.2) is 54.0 Å². The lowest BCUT2D eigenvalue weighted by Crippen LogP contribution is -2.41. The van der Waals surface area contributed by atoms with Gasteiger partial charge >= 0.3 is 0 Å². The molecule has 0 aliphatic rings. The van der Waals surface area contributed by atoms with E-state index in [2.05, 4.69) is 5.32 Å². The summed E-state index contributed by atoms with van der Waals surface area (Å²) in [5.74, 6) is 2.45. The van der Waals surface area contributed by atoms with Crippen molar-refractivity contribution in [2.45, 2.75) is 24.0 Å². The molecule has 0 radical (unpaired) electrons. The van der Waals surface area contributed by atoms with Crippen molar-refractivity contribution in [2.75, 3.05) is 44.0 Å². The molecule has 0 aliphatic heterocycles. The van der Waals surface area contributed by atoms with Crippen molar-refractivity contribution in [1.29, 1.82) is 0 Å². The van der Waals surface area contributed by atoms with Gasteiger partial charge < -0.3 is 19.5 Å². The molecule has 0 unspecified atom stereocenters. The van der Waals surface area contributed by atoms with E-state index in [1.165, 1.54) is 32.4 Å². The van der Waals surface area contributed by atoms with E-state index in [-0.39, 0.29) is 10.6 Å². The Morgan fingerprint density at radius 3 is 2.38 bits per heavy atom. The standard InChI is InChI=1S/C28H33ClN2O6S2/c1-4-37-23-12-10-22(11-13-23)31(39(33,34)24-14-15-26(35-2)27(18-24)36-3)19-28(32)30-16-7-17-38-20-21-8-5-6-9-25(21)29/h5-6,8-15,18H,4,7,16-17,19-20H2,1-3H3,(H,30,32). The van der Waals surface area contributed by atoms with Crippen LogP contribution in [0.2, 0.25) is 5.02 Å². The molecular weight excluding hydrogens is 560 g/mol. The van der Waals surface area contributed by atoms with Crippen molar-refractivity contribution in [2.24, 2.45) is 0 Å². The monoisotopic (exact) mass is 592 g/mol. The summed E-state index contributed by atoms with van der Waals surface area (Å²) in [5, 5.41) is 3.57. The average molecular weight is 593 g/mol. The number of amides is 1. The maximum absolute atomic E-state index is 13.7. The van der Waals surface area contributed by atoms with Gasteiger partial charge in [-0.05, 0) is 67.1 Å². The van der Waals surface area contributed by atoms with Gasteiger partial charge in [0.15, 0.2) is 11.5 Å². The van der Waals surface area contributed by atoms with E-state index >= 15 is 0 Å². The van der Waals surface area contributed by atoms with Gasteiger partial charge in [0.25, 0.3) is 10.0 Å². The van der Waals surface area contributed by atoms with Gasteiger partial charge in [0, 0.05) is 23.4 Å². The van der Waals surface area contributed by atoms with Crippen LogP contribution in [0.3, 0.4) is 0 Å². The number of benzene rings is 3. The number of carbonyl (C=O) groups excluding carboxylic acids is 1. The number of ether oxygens (including phenoxy) is 3. The maximum Gasteiger partial charge on any atom is 0.264 e. The summed E-state index contributed by atoms with van der Waals surface area (Å²) in [7, 11) is -1.23. The third kappa shape index (κ3) is 8.45. The summed E-state index contributed by atoms with van der Waals surface area (Å²) >= 11 is 7.92. The van der Waals surface area contributed by atoms with Crippen LogP contribution in [0.4, 0.5) is 5.69 Å². The first-order valence-electron chi connectivity index (χ1n) is 12.4. The van der Waals surface area contributed by atoms with Crippen molar-refractivity contribution in [3.63, 3.8) is 0 Å². The Morgan fingerprint density at radius 2 is 1.72 bits per heavy atom. The normalized spacial score (nSPS) is 11.1. The smallest absolute Gasteiger partial charge is 0.264 e. The van der Waals surface area contributed by atoms with Gasteiger partial charge in [-0.25, -0.2) is 8.42 Å². The largest absolute Gasteiger partial charge is 0.494 e. The highest BCUT2D eigenvalue weighted by Crippen LogP contribution is 2.32. The highest BCUT2D eigenvalue weighted by atomic mass is 35.5. The molecule has 0 spiro atoms. The van der Waals surface area contributed by atoms with Crippen LogP contribution in [0.15, 0.2) is 71.6 Å². The topological polar surface area (TPSA) is 94.2 Å². The number of hydrogen-bond acceptors (Lipinski definition) is 7. The van der Waals surface area contributed by atoms with Crippen LogP contribution in [0.1, 0.15) is 18.9 Å². The Morgan fingerprint density at radius 1 is 1.00 bits per heavy atom. The number of sulfonamides is 1. The molecule has 0 bridgehead atoms. The fourth-order valence-corrected chi connectivity index (χ4v) is 6.36. The molecule has 8 nitrogen and oxygen atoms in total.